The topological polar surface area (TPSA) is 59.3 Å². The third-order valence-electron chi connectivity index (χ3n) is 3.93. The summed E-state index contributed by atoms with van der Waals surface area (Å²) < 4.78 is 1.81. The lowest BCUT2D eigenvalue weighted by molar-refractivity contribution is 0.0959. The van der Waals surface area contributed by atoms with E-state index in [1.807, 2.05) is 83.0 Å². The molecule has 0 aliphatic rings. The number of para-hydroxylation sites is 1. The number of aromatic nitrogens is 2. The molecule has 0 aliphatic carbocycles. The van der Waals surface area contributed by atoms with Gasteiger partial charge in [-0.25, -0.2) is 10.1 Å². The van der Waals surface area contributed by atoms with Gasteiger partial charge in [-0.3, -0.25) is 4.79 Å². The quantitative estimate of drug-likeness (QED) is 0.418. The number of hydrazone groups is 1. The maximum absolute atomic E-state index is 12.0. The molecule has 132 valence electrons. The Bertz CT molecular complexity index is 1050. The van der Waals surface area contributed by atoms with E-state index in [1.54, 1.807) is 12.3 Å². The fraction of sp³-hybridized carbons (Fsp3) is 0. The van der Waals surface area contributed by atoms with Crippen LogP contribution >= 0.6 is 11.3 Å². The van der Waals surface area contributed by atoms with E-state index < -0.39 is 0 Å². The molecule has 2 aromatic heterocycles. The van der Waals surface area contributed by atoms with Gasteiger partial charge in [0.25, 0.3) is 5.91 Å². The van der Waals surface area contributed by atoms with Crippen molar-refractivity contribution in [3.63, 3.8) is 0 Å². The van der Waals surface area contributed by atoms with Crippen LogP contribution in [0.3, 0.4) is 0 Å². The van der Waals surface area contributed by atoms with Crippen molar-refractivity contribution in [1.82, 2.24) is 15.2 Å². The molecule has 0 radical (unpaired) electrons. The summed E-state index contributed by atoms with van der Waals surface area (Å²) in [4.78, 5) is 12.7. The molecule has 1 N–H and O–H groups in total. The van der Waals surface area contributed by atoms with Gasteiger partial charge in [0, 0.05) is 17.3 Å². The lowest BCUT2D eigenvalue weighted by atomic mass is 10.1. The van der Waals surface area contributed by atoms with Crippen LogP contribution in [0.15, 0.2) is 89.5 Å². The first kappa shape index (κ1) is 16.9. The zero-order valence-electron chi connectivity index (χ0n) is 14.3. The Labute approximate surface area is 160 Å². The number of carbonyl (C=O) groups is 1. The Hall–Kier alpha value is -3.51. The maximum Gasteiger partial charge on any atom is 0.281 e. The van der Waals surface area contributed by atoms with Gasteiger partial charge in [0.1, 0.15) is 5.69 Å². The molecule has 4 aromatic rings. The van der Waals surface area contributed by atoms with E-state index in [4.69, 9.17) is 5.10 Å². The monoisotopic (exact) mass is 372 g/mol. The molecule has 5 nitrogen and oxygen atoms in total. The van der Waals surface area contributed by atoms with Crippen LogP contribution in [-0.4, -0.2) is 21.9 Å². The maximum atomic E-state index is 12.0. The number of hydrogen-bond donors (Lipinski definition) is 1. The number of nitrogens with one attached hydrogen (secondary N) is 1. The summed E-state index contributed by atoms with van der Waals surface area (Å²) >= 11 is 1.38. The van der Waals surface area contributed by atoms with E-state index in [1.165, 1.54) is 11.3 Å². The molecular weight excluding hydrogens is 356 g/mol. The molecule has 0 aliphatic heterocycles. The van der Waals surface area contributed by atoms with Gasteiger partial charge in [-0.15, -0.1) is 11.3 Å². The van der Waals surface area contributed by atoms with Crippen LogP contribution in [0.25, 0.3) is 16.9 Å². The van der Waals surface area contributed by atoms with Crippen LogP contribution < -0.4 is 5.43 Å². The predicted octanol–water partition coefficient (Wildman–Crippen LogP) is 4.36. The summed E-state index contributed by atoms with van der Waals surface area (Å²) in [6.07, 6.45) is 3.53. The zero-order valence-corrected chi connectivity index (χ0v) is 15.1. The van der Waals surface area contributed by atoms with Gasteiger partial charge in [0.2, 0.25) is 0 Å². The second-order valence-electron chi connectivity index (χ2n) is 5.76. The van der Waals surface area contributed by atoms with Crippen LogP contribution in [0.1, 0.15) is 15.2 Å². The second kappa shape index (κ2) is 7.80. The Morgan fingerprint density at radius 1 is 1.00 bits per heavy atom. The molecular formula is C21H16N4OS. The van der Waals surface area contributed by atoms with Crippen molar-refractivity contribution in [2.45, 2.75) is 0 Å². The number of nitrogens with zero attached hydrogens (tertiary/aromatic N) is 3. The van der Waals surface area contributed by atoms with Crippen LogP contribution in [-0.2, 0) is 0 Å². The Kier molecular flexibility index (Phi) is 4.89. The fourth-order valence-corrected chi connectivity index (χ4v) is 3.25. The zero-order chi connectivity index (χ0) is 18.5. The second-order valence-corrected chi connectivity index (χ2v) is 6.70. The number of benzene rings is 2. The highest BCUT2D eigenvalue weighted by atomic mass is 32.1. The van der Waals surface area contributed by atoms with E-state index in [0.29, 0.717) is 4.88 Å². The largest absolute Gasteiger partial charge is 0.281 e. The lowest BCUT2D eigenvalue weighted by Gasteiger charge is -2.00. The van der Waals surface area contributed by atoms with Gasteiger partial charge in [0.15, 0.2) is 0 Å². The summed E-state index contributed by atoms with van der Waals surface area (Å²) in [5.41, 5.74) is 6.12. The van der Waals surface area contributed by atoms with Gasteiger partial charge in [-0.2, -0.15) is 10.2 Å². The minimum atomic E-state index is -0.224. The van der Waals surface area contributed by atoms with Crippen molar-refractivity contribution in [1.29, 1.82) is 0 Å². The van der Waals surface area contributed by atoms with Crippen LogP contribution in [0.2, 0.25) is 0 Å². The number of rotatable bonds is 5. The van der Waals surface area contributed by atoms with E-state index >= 15 is 0 Å². The molecule has 0 atom stereocenters. The molecule has 1 amide bonds. The number of carbonyl (C=O) groups excluding carboxylic acids is 1. The van der Waals surface area contributed by atoms with Gasteiger partial charge < -0.3 is 0 Å². The standard InChI is InChI=1S/C21H16N4OS/c26-21(19-12-7-13-27-19)23-22-14-17-15-25(18-10-5-2-6-11-18)24-20(17)16-8-3-1-4-9-16/h1-15H,(H,23,26)/b22-14-. The summed E-state index contributed by atoms with van der Waals surface area (Å²) in [5, 5.41) is 10.7. The van der Waals surface area contributed by atoms with Crippen molar-refractivity contribution >= 4 is 23.5 Å². The normalized spacial score (nSPS) is 11.0. The average Bonchev–Trinajstić information content (AvgIpc) is 3.40. The van der Waals surface area contributed by atoms with Gasteiger partial charge in [-0.05, 0) is 23.6 Å². The molecule has 0 fully saturated rings. The molecule has 0 bridgehead atoms. The van der Waals surface area contributed by atoms with Crippen molar-refractivity contribution in [2.75, 3.05) is 0 Å². The molecule has 27 heavy (non-hydrogen) atoms. The predicted molar refractivity (Wildman–Crippen MR) is 108 cm³/mol. The molecule has 4 rings (SSSR count). The summed E-state index contributed by atoms with van der Waals surface area (Å²) in [7, 11) is 0. The minimum Gasteiger partial charge on any atom is -0.266 e. The van der Waals surface area contributed by atoms with Crippen molar-refractivity contribution < 1.29 is 4.79 Å². The van der Waals surface area contributed by atoms with E-state index in [-0.39, 0.29) is 5.91 Å². The summed E-state index contributed by atoms with van der Waals surface area (Å²) in [6, 6.07) is 23.4. The van der Waals surface area contributed by atoms with Crippen LogP contribution in [0, 0.1) is 0 Å². The first-order valence-corrected chi connectivity index (χ1v) is 9.26. The van der Waals surface area contributed by atoms with Gasteiger partial charge in [-0.1, -0.05) is 54.6 Å². The van der Waals surface area contributed by atoms with Crippen LogP contribution in [0.4, 0.5) is 0 Å². The van der Waals surface area contributed by atoms with Crippen LogP contribution in [0.5, 0.6) is 0 Å². The highest BCUT2D eigenvalue weighted by Crippen LogP contribution is 2.22. The Morgan fingerprint density at radius 3 is 2.44 bits per heavy atom. The molecule has 0 saturated carbocycles. The Balaban J connectivity index is 1.65. The summed E-state index contributed by atoms with van der Waals surface area (Å²) in [6.45, 7) is 0. The average molecular weight is 372 g/mol. The number of thiophene rings is 1. The van der Waals surface area contributed by atoms with Crippen molar-refractivity contribution in [3.8, 4) is 16.9 Å². The first-order chi connectivity index (χ1) is 13.3. The molecule has 0 unspecified atom stereocenters. The number of hydrogen-bond acceptors (Lipinski definition) is 4. The third-order valence-corrected chi connectivity index (χ3v) is 4.79. The highest BCUT2D eigenvalue weighted by molar-refractivity contribution is 7.12. The highest BCUT2D eigenvalue weighted by Gasteiger charge is 2.11. The van der Waals surface area contributed by atoms with Crippen molar-refractivity contribution in [3.05, 3.63) is 94.8 Å². The minimum absolute atomic E-state index is 0.224. The summed E-state index contributed by atoms with van der Waals surface area (Å²) in [5.74, 6) is -0.224. The molecule has 2 heterocycles. The van der Waals surface area contributed by atoms with E-state index in [9.17, 15) is 4.79 Å². The van der Waals surface area contributed by atoms with Crippen molar-refractivity contribution in [2.24, 2.45) is 5.10 Å². The molecule has 0 saturated heterocycles. The smallest absolute Gasteiger partial charge is 0.266 e. The lowest BCUT2D eigenvalue weighted by Crippen LogP contribution is -2.16. The molecule has 0 spiro atoms. The Morgan fingerprint density at radius 2 is 1.74 bits per heavy atom. The molecule has 2 aromatic carbocycles. The SMILES string of the molecule is O=C(N/N=C\c1cn(-c2ccccc2)nc1-c1ccccc1)c1cccs1. The van der Waals surface area contributed by atoms with E-state index in [0.717, 1.165) is 22.5 Å². The first-order valence-electron chi connectivity index (χ1n) is 8.39. The third kappa shape index (κ3) is 3.86. The fourth-order valence-electron chi connectivity index (χ4n) is 2.64. The number of amides is 1. The van der Waals surface area contributed by atoms with E-state index in [2.05, 4.69) is 10.5 Å². The van der Waals surface area contributed by atoms with Gasteiger partial charge in [0.05, 0.1) is 16.8 Å². The molecule has 6 heteroatoms. The van der Waals surface area contributed by atoms with Gasteiger partial charge >= 0.3 is 0 Å².